The predicted molar refractivity (Wildman–Crippen MR) is 88.2 cm³/mol. The van der Waals surface area contributed by atoms with E-state index in [0.29, 0.717) is 17.9 Å². The van der Waals surface area contributed by atoms with Gasteiger partial charge in [-0.05, 0) is 30.0 Å². The Morgan fingerprint density at radius 3 is 2.41 bits per heavy atom. The summed E-state index contributed by atoms with van der Waals surface area (Å²) in [5.74, 6) is 0.930. The summed E-state index contributed by atoms with van der Waals surface area (Å²) in [4.78, 5) is 0. The van der Waals surface area contributed by atoms with Crippen molar-refractivity contribution in [3.63, 3.8) is 0 Å². The van der Waals surface area contributed by atoms with E-state index in [9.17, 15) is 5.11 Å². The normalized spacial score (nSPS) is 18.5. The molecule has 0 fully saturated rings. The van der Waals surface area contributed by atoms with Crippen molar-refractivity contribution in [3.8, 4) is 5.75 Å². The summed E-state index contributed by atoms with van der Waals surface area (Å²) in [6.07, 6.45) is 0. The Labute approximate surface area is 132 Å². The summed E-state index contributed by atoms with van der Waals surface area (Å²) in [5, 5.41) is 22.2. The number of nitrogens with zero attached hydrogens (tertiary/aromatic N) is 1. The van der Waals surface area contributed by atoms with E-state index in [2.05, 4.69) is 39.8 Å². The van der Waals surface area contributed by atoms with Crippen LogP contribution in [-0.4, -0.2) is 22.6 Å². The third-order valence-electron chi connectivity index (χ3n) is 4.03. The van der Waals surface area contributed by atoms with Crippen LogP contribution >= 0.6 is 0 Å². The average Bonchev–Trinajstić information content (AvgIpc) is 2.73. The van der Waals surface area contributed by atoms with Gasteiger partial charge in [-0.15, -0.1) is 0 Å². The number of phenols is 1. The first kappa shape index (κ1) is 16.4. The molecule has 0 aliphatic carbocycles. The lowest BCUT2D eigenvalue weighted by atomic mass is 9.71. The lowest BCUT2D eigenvalue weighted by Crippen LogP contribution is -2.24. The number of hydrogen-bond acceptors (Lipinski definition) is 4. The van der Waals surface area contributed by atoms with E-state index in [4.69, 9.17) is 9.94 Å². The van der Waals surface area contributed by atoms with Gasteiger partial charge in [-0.1, -0.05) is 45.8 Å². The van der Waals surface area contributed by atoms with Gasteiger partial charge in [0.25, 0.3) is 0 Å². The van der Waals surface area contributed by atoms with Crippen molar-refractivity contribution in [2.45, 2.75) is 41.5 Å². The molecule has 0 aromatic heterocycles. The molecule has 22 heavy (non-hydrogen) atoms. The average molecular weight is 303 g/mol. The molecule has 1 aliphatic rings. The fraction of sp³-hybridized carbons (Fsp3) is 0.500. The van der Waals surface area contributed by atoms with E-state index in [0.717, 1.165) is 11.3 Å². The Hall–Kier alpha value is -1.97. The van der Waals surface area contributed by atoms with Crippen LogP contribution in [0.2, 0.25) is 0 Å². The van der Waals surface area contributed by atoms with Gasteiger partial charge in [-0.3, -0.25) is 0 Å². The molecule has 4 heteroatoms. The van der Waals surface area contributed by atoms with Gasteiger partial charge in [0.2, 0.25) is 0 Å². The van der Waals surface area contributed by atoms with Gasteiger partial charge in [0.15, 0.2) is 0 Å². The number of aromatic hydroxyl groups is 1. The number of hydrogen-bond donors (Lipinski definition) is 2. The highest BCUT2D eigenvalue weighted by atomic mass is 16.5. The quantitative estimate of drug-likeness (QED) is 0.483. The second kappa shape index (κ2) is 5.34. The van der Waals surface area contributed by atoms with Gasteiger partial charge in [0.1, 0.15) is 11.5 Å². The Balaban J connectivity index is 2.58. The zero-order valence-electron chi connectivity index (χ0n) is 14.2. The van der Waals surface area contributed by atoms with Crippen LogP contribution in [0.4, 0.5) is 0 Å². The fourth-order valence-corrected chi connectivity index (χ4v) is 3.32. The van der Waals surface area contributed by atoms with Crippen LogP contribution in [0.15, 0.2) is 28.9 Å². The maximum absolute atomic E-state index is 10.2. The Morgan fingerprint density at radius 1 is 1.27 bits per heavy atom. The number of rotatable bonds is 2. The van der Waals surface area contributed by atoms with E-state index >= 15 is 0 Å². The zero-order chi connectivity index (χ0) is 16.7. The monoisotopic (exact) mass is 303 g/mol. The van der Waals surface area contributed by atoms with Gasteiger partial charge in [-0.2, -0.15) is 0 Å². The predicted octanol–water partition coefficient (Wildman–Crippen LogP) is 4.40. The van der Waals surface area contributed by atoms with Crippen LogP contribution in [-0.2, 0) is 4.74 Å². The second-order valence-electron chi connectivity index (χ2n) is 7.54. The molecule has 2 N–H and O–H groups in total. The first-order valence-electron chi connectivity index (χ1n) is 7.48. The van der Waals surface area contributed by atoms with Crippen LogP contribution in [0.1, 0.15) is 52.7 Å². The van der Waals surface area contributed by atoms with Gasteiger partial charge >= 0.3 is 0 Å². The fourth-order valence-electron chi connectivity index (χ4n) is 3.32. The van der Waals surface area contributed by atoms with Crippen molar-refractivity contribution < 1.29 is 15.1 Å². The molecular weight excluding hydrogens is 278 g/mol. The molecule has 0 bridgehead atoms. The molecular formula is C18H25NO3. The molecule has 1 aliphatic heterocycles. The third-order valence-corrected chi connectivity index (χ3v) is 4.03. The summed E-state index contributed by atoms with van der Waals surface area (Å²) < 4.78 is 5.96. The molecule has 1 aromatic rings. The molecule has 4 nitrogen and oxygen atoms in total. The maximum Gasteiger partial charge on any atom is 0.127 e. The molecule has 2 rings (SSSR count). The summed E-state index contributed by atoms with van der Waals surface area (Å²) in [6, 6.07) is 5.32. The van der Waals surface area contributed by atoms with Crippen LogP contribution < -0.4 is 0 Å². The van der Waals surface area contributed by atoms with Gasteiger partial charge in [0, 0.05) is 16.5 Å². The lowest BCUT2D eigenvalue weighted by Gasteiger charge is -2.30. The van der Waals surface area contributed by atoms with Gasteiger partial charge in [-0.25, -0.2) is 0 Å². The minimum absolute atomic E-state index is 0.0217. The smallest absolute Gasteiger partial charge is 0.127 e. The standard InChI is InChI=1S/C18H25NO3/c1-11(19-21)13-8-7-12(9-14(13)20)15-16(17(2,3)4)18(5,6)10-22-15/h7-9,20-21H,10H2,1-6H3/b19-11+. The van der Waals surface area contributed by atoms with Crippen LogP contribution in [0.25, 0.3) is 5.76 Å². The SMILES string of the molecule is C/C(=N\O)c1ccc(C2=C(C(C)(C)C)C(C)(C)CO2)cc1O. The van der Waals surface area contributed by atoms with Crippen molar-refractivity contribution in [3.05, 3.63) is 34.9 Å². The third kappa shape index (κ3) is 2.82. The van der Waals surface area contributed by atoms with E-state index < -0.39 is 0 Å². The zero-order valence-corrected chi connectivity index (χ0v) is 14.2. The summed E-state index contributed by atoms with van der Waals surface area (Å²) in [5.41, 5.74) is 2.93. The second-order valence-corrected chi connectivity index (χ2v) is 7.54. The van der Waals surface area contributed by atoms with E-state index in [1.54, 1.807) is 19.1 Å². The molecule has 0 saturated carbocycles. The van der Waals surface area contributed by atoms with E-state index in [1.807, 2.05) is 6.07 Å². The highest BCUT2D eigenvalue weighted by Crippen LogP contribution is 2.49. The molecule has 1 heterocycles. The van der Waals surface area contributed by atoms with Crippen LogP contribution in [0.3, 0.4) is 0 Å². The van der Waals surface area contributed by atoms with Gasteiger partial charge < -0.3 is 15.1 Å². The first-order valence-corrected chi connectivity index (χ1v) is 7.48. The molecule has 0 atom stereocenters. The van der Waals surface area contributed by atoms with Gasteiger partial charge in [0.05, 0.1) is 12.3 Å². The number of phenolic OH excluding ortho intramolecular Hbond substituents is 1. The first-order chi connectivity index (χ1) is 10.1. The van der Waals surface area contributed by atoms with Crippen molar-refractivity contribution in [1.29, 1.82) is 0 Å². The van der Waals surface area contributed by atoms with Crippen molar-refractivity contribution in [2.24, 2.45) is 16.0 Å². The molecule has 0 unspecified atom stereocenters. The number of ether oxygens (including phenoxy) is 1. The molecule has 0 saturated heterocycles. The highest BCUT2D eigenvalue weighted by molar-refractivity contribution is 6.01. The number of benzene rings is 1. The summed E-state index contributed by atoms with van der Waals surface area (Å²) >= 11 is 0. The maximum atomic E-state index is 10.2. The number of oxime groups is 1. The molecule has 0 spiro atoms. The van der Waals surface area contributed by atoms with E-state index in [-0.39, 0.29) is 16.6 Å². The summed E-state index contributed by atoms with van der Waals surface area (Å²) in [7, 11) is 0. The Kier molecular flexibility index (Phi) is 3.98. The van der Waals surface area contributed by atoms with Crippen molar-refractivity contribution in [2.75, 3.05) is 6.61 Å². The molecule has 1 aromatic carbocycles. The van der Waals surface area contributed by atoms with Crippen molar-refractivity contribution in [1.82, 2.24) is 0 Å². The highest BCUT2D eigenvalue weighted by Gasteiger charge is 2.41. The van der Waals surface area contributed by atoms with E-state index in [1.165, 1.54) is 5.57 Å². The Morgan fingerprint density at radius 2 is 1.91 bits per heavy atom. The summed E-state index contributed by atoms with van der Waals surface area (Å²) in [6.45, 7) is 13.2. The largest absolute Gasteiger partial charge is 0.507 e. The molecule has 0 radical (unpaired) electrons. The topological polar surface area (TPSA) is 62.1 Å². The Bertz CT molecular complexity index is 649. The van der Waals surface area contributed by atoms with Crippen molar-refractivity contribution >= 4 is 11.5 Å². The lowest BCUT2D eigenvalue weighted by molar-refractivity contribution is 0.213. The van der Waals surface area contributed by atoms with Crippen LogP contribution in [0, 0.1) is 10.8 Å². The molecule has 120 valence electrons. The molecule has 0 amide bonds. The minimum atomic E-state index is -0.0374. The minimum Gasteiger partial charge on any atom is -0.507 e. The van der Waals surface area contributed by atoms with Crippen LogP contribution in [0.5, 0.6) is 5.75 Å².